The molecule has 2 N–H and O–H groups in total. The van der Waals surface area contributed by atoms with Gasteiger partial charge in [0, 0.05) is 12.0 Å². The van der Waals surface area contributed by atoms with Crippen LogP contribution in [0.2, 0.25) is 0 Å². The van der Waals surface area contributed by atoms with Gasteiger partial charge in [0.1, 0.15) is 6.04 Å². The number of carboxylic acid groups (broad SMARTS) is 1. The molecule has 1 aromatic heterocycles. The summed E-state index contributed by atoms with van der Waals surface area (Å²) in [4.78, 5) is 23.9. The smallest absolute Gasteiger partial charge is 0.326 e. The Morgan fingerprint density at radius 3 is 2.48 bits per heavy atom. The minimum Gasteiger partial charge on any atom is -0.480 e. The van der Waals surface area contributed by atoms with Gasteiger partial charge in [-0.2, -0.15) is 5.10 Å². The van der Waals surface area contributed by atoms with E-state index in [1.807, 2.05) is 30.3 Å². The zero-order valence-corrected chi connectivity index (χ0v) is 14.6. The van der Waals surface area contributed by atoms with Crippen molar-refractivity contribution in [1.82, 2.24) is 15.1 Å². The van der Waals surface area contributed by atoms with E-state index < -0.39 is 30.8 Å². The van der Waals surface area contributed by atoms with E-state index in [2.05, 4.69) is 10.4 Å². The largest absolute Gasteiger partial charge is 0.480 e. The molecule has 1 aromatic carbocycles. The maximum atomic E-state index is 12.7. The molecule has 1 unspecified atom stereocenters. The molecule has 1 fully saturated rings. The van der Waals surface area contributed by atoms with E-state index in [1.54, 1.807) is 4.68 Å². The van der Waals surface area contributed by atoms with Crippen molar-refractivity contribution in [2.45, 2.75) is 50.6 Å². The van der Waals surface area contributed by atoms with Crippen LogP contribution in [0.1, 0.15) is 48.5 Å². The molecule has 6 nitrogen and oxygen atoms in total. The molecule has 27 heavy (non-hydrogen) atoms. The van der Waals surface area contributed by atoms with Gasteiger partial charge in [-0.25, -0.2) is 13.6 Å². The number of nitrogens with zero attached hydrogens (tertiary/aromatic N) is 2. The van der Waals surface area contributed by atoms with Crippen molar-refractivity contribution in [3.8, 4) is 11.3 Å². The highest BCUT2D eigenvalue weighted by molar-refractivity contribution is 6.01. The lowest BCUT2D eigenvalue weighted by Crippen LogP contribution is -2.42. The van der Waals surface area contributed by atoms with Crippen molar-refractivity contribution >= 4 is 11.9 Å². The summed E-state index contributed by atoms with van der Waals surface area (Å²) < 4.78 is 27.0. The molecule has 1 aliphatic carbocycles. The van der Waals surface area contributed by atoms with Gasteiger partial charge in [-0.05, 0) is 12.8 Å². The van der Waals surface area contributed by atoms with Gasteiger partial charge in [0.05, 0.1) is 23.5 Å². The number of hydrogen-bond acceptors (Lipinski definition) is 3. The number of aliphatic carboxylic acids is 1. The number of halogens is 2. The summed E-state index contributed by atoms with van der Waals surface area (Å²) in [5.74, 6) is -2.21. The van der Waals surface area contributed by atoms with Gasteiger partial charge in [-0.3, -0.25) is 9.48 Å². The lowest BCUT2D eigenvalue weighted by atomic mass is 10.1. The average Bonchev–Trinajstić information content (AvgIpc) is 3.30. The summed E-state index contributed by atoms with van der Waals surface area (Å²) in [6.45, 7) is 0. The summed E-state index contributed by atoms with van der Waals surface area (Å²) in [6, 6.07) is 7.71. The van der Waals surface area contributed by atoms with Gasteiger partial charge in [0.15, 0.2) is 0 Å². The first kappa shape index (κ1) is 19.0. The van der Waals surface area contributed by atoms with Crippen molar-refractivity contribution in [2.24, 2.45) is 0 Å². The number of amides is 1. The Morgan fingerprint density at radius 2 is 1.89 bits per heavy atom. The predicted octanol–water partition coefficient (Wildman–Crippen LogP) is 3.50. The third-order valence-electron chi connectivity index (χ3n) is 4.78. The second-order valence-electron chi connectivity index (χ2n) is 6.65. The van der Waals surface area contributed by atoms with Crippen LogP contribution in [-0.4, -0.2) is 39.2 Å². The Hall–Kier alpha value is -2.77. The van der Waals surface area contributed by atoms with Crippen LogP contribution in [0.5, 0.6) is 0 Å². The van der Waals surface area contributed by atoms with Crippen LogP contribution in [-0.2, 0) is 4.79 Å². The minimum atomic E-state index is -2.83. The molecular formula is C19H21F2N3O3. The maximum Gasteiger partial charge on any atom is 0.326 e. The molecule has 1 atom stereocenters. The average molecular weight is 377 g/mol. The second kappa shape index (κ2) is 8.28. The van der Waals surface area contributed by atoms with Crippen LogP contribution >= 0.6 is 0 Å². The van der Waals surface area contributed by atoms with E-state index in [-0.39, 0.29) is 11.6 Å². The monoisotopic (exact) mass is 377 g/mol. The zero-order valence-electron chi connectivity index (χ0n) is 14.6. The molecule has 0 spiro atoms. The SMILES string of the molecule is O=C(NC(CC(F)F)C(=O)O)c1cnn(C2CCCC2)c1-c1ccccc1. The van der Waals surface area contributed by atoms with Gasteiger partial charge >= 0.3 is 5.97 Å². The van der Waals surface area contributed by atoms with Crippen molar-refractivity contribution < 1.29 is 23.5 Å². The van der Waals surface area contributed by atoms with Gasteiger partial charge < -0.3 is 10.4 Å². The first-order valence-corrected chi connectivity index (χ1v) is 8.92. The molecule has 144 valence electrons. The van der Waals surface area contributed by atoms with Crippen LogP contribution in [0.4, 0.5) is 8.78 Å². The standard InChI is InChI=1S/C19H21F2N3O3/c20-16(21)10-15(19(26)27)23-18(25)14-11-22-24(13-8-4-5-9-13)17(14)12-6-2-1-3-7-12/h1-3,6-7,11,13,15-16H,4-5,8-10H2,(H,23,25)(H,26,27). The maximum absolute atomic E-state index is 12.7. The van der Waals surface area contributed by atoms with E-state index in [0.717, 1.165) is 31.2 Å². The Morgan fingerprint density at radius 1 is 1.22 bits per heavy atom. The van der Waals surface area contributed by atoms with E-state index in [4.69, 9.17) is 5.11 Å². The summed E-state index contributed by atoms with van der Waals surface area (Å²) in [5, 5.41) is 15.7. The first-order valence-electron chi connectivity index (χ1n) is 8.92. The van der Waals surface area contributed by atoms with Crippen molar-refractivity contribution in [3.05, 3.63) is 42.1 Å². The number of rotatable bonds is 7. The van der Waals surface area contributed by atoms with E-state index >= 15 is 0 Å². The molecule has 0 aliphatic heterocycles. The van der Waals surface area contributed by atoms with Crippen LogP contribution in [0.15, 0.2) is 36.5 Å². The molecule has 2 aromatic rings. The van der Waals surface area contributed by atoms with Gasteiger partial charge in [-0.15, -0.1) is 0 Å². The fourth-order valence-electron chi connectivity index (χ4n) is 3.47. The Bertz CT molecular complexity index is 802. The number of alkyl halides is 2. The fourth-order valence-corrected chi connectivity index (χ4v) is 3.47. The topological polar surface area (TPSA) is 84.2 Å². The third kappa shape index (κ3) is 4.32. The number of aromatic nitrogens is 2. The highest BCUT2D eigenvalue weighted by Gasteiger charge is 2.29. The summed E-state index contributed by atoms with van der Waals surface area (Å²) in [6.07, 6.45) is 1.67. The van der Waals surface area contributed by atoms with Crippen LogP contribution in [0.3, 0.4) is 0 Å². The highest BCUT2D eigenvalue weighted by atomic mass is 19.3. The van der Waals surface area contributed by atoms with Crippen molar-refractivity contribution in [3.63, 3.8) is 0 Å². The van der Waals surface area contributed by atoms with Crippen LogP contribution in [0, 0.1) is 0 Å². The molecule has 1 saturated carbocycles. The number of carbonyl (C=O) groups excluding carboxylic acids is 1. The van der Waals surface area contributed by atoms with Gasteiger partial charge in [-0.1, -0.05) is 43.2 Å². The third-order valence-corrected chi connectivity index (χ3v) is 4.78. The van der Waals surface area contributed by atoms with E-state index in [1.165, 1.54) is 6.20 Å². The normalized spacial score (nSPS) is 15.8. The molecule has 1 heterocycles. The predicted molar refractivity (Wildman–Crippen MR) is 94.7 cm³/mol. The molecule has 3 rings (SSSR count). The number of hydrogen-bond donors (Lipinski definition) is 2. The fraction of sp³-hybridized carbons (Fsp3) is 0.421. The molecule has 1 amide bonds. The Balaban J connectivity index is 1.94. The summed E-state index contributed by atoms with van der Waals surface area (Å²) in [5.41, 5.74) is 1.54. The Kier molecular flexibility index (Phi) is 5.83. The molecular weight excluding hydrogens is 356 g/mol. The zero-order chi connectivity index (χ0) is 19.4. The number of carboxylic acids is 1. The van der Waals surface area contributed by atoms with Gasteiger partial charge in [0.25, 0.3) is 5.91 Å². The number of carbonyl (C=O) groups is 2. The molecule has 8 heteroatoms. The molecule has 1 aliphatic rings. The second-order valence-corrected chi connectivity index (χ2v) is 6.65. The highest BCUT2D eigenvalue weighted by Crippen LogP contribution is 2.34. The lowest BCUT2D eigenvalue weighted by Gasteiger charge is -2.17. The molecule has 0 bridgehead atoms. The number of benzene rings is 1. The van der Waals surface area contributed by atoms with E-state index in [9.17, 15) is 18.4 Å². The quantitative estimate of drug-likeness (QED) is 0.773. The van der Waals surface area contributed by atoms with Gasteiger partial charge in [0.2, 0.25) is 6.43 Å². The summed E-state index contributed by atoms with van der Waals surface area (Å²) in [7, 11) is 0. The van der Waals surface area contributed by atoms with E-state index in [0.29, 0.717) is 5.69 Å². The lowest BCUT2D eigenvalue weighted by molar-refractivity contribution is -0.140. The number of nitrogens with one attached hydrogen (secondary N) is 1. The molecule has 0 saturated heterocycles. The van der Waals surface area contributed by atoms with Crippen LogP contribution in [0.25, 0.3) is 11.3 Å². The van der Waals surface area contributed by atoms with Crippen LogP contribution < -0.4 is 5.32 Å². The van der Waals surface area contributed by atoms with Crippen molar-refractivity contribution in [1.29, 1.82) is 0 Å². The summed E-state index contributed by atoms with van der Waals surface area (Å²) >= 11 is 0. The van der Waals surface area contributed by atoms with Crippen molar-refractivity contribution in [2.75, 3.05) is 0 Å². The minimum absolute atomic E-state index is 0.165. The molecule has 0 radical (unpaired) electrons. The first-order chi connectivity index (χ1) is 13.0. The Labute approximate surface area is 155 Å².